The lowest BCUT2D eigenvalue weighted by Crippen LogP contribution is -1.92. The van der Waals surface area contributed by atoms with Crippen LogP contribution in [0.3, 0.4) is 0 Å². The summed E-state index contributed by atoms with van der Waals surface area (Å²) in [6, 6.07) is 22.0. The van der Waals surface area contributed by atoms with Gasteiger partial charge in [-0.1, -0.05) is 93.9 Å². The van der Waals surface area contributed by atoms with E-state index >= 15 is 0 Å². The van der Waals surface area contributed by atoms with E-state index in [2.05, 4.69) is 88.4 Å². The van der Waals surface area contributed by atoms with E-state index in [-0.39, 0.29) is 0 Å². The fourth-order valence-corrected chi connectivity index (χ4v) is 3.23. The van der Waals surface area contributed by atoms with Gasteiger partial charge in [0.25, 0.3) is 0 Å². The summed E-state index contributed by atoms with van der Waals surface area (Å²) in [6.07, 6.45) is 0. The van der Waals surface area contributed by atoms with Crippen molar-refractivity contribution in [2.24, 2.45) is 0 Å². The molecule has 0 radical (unpaired) electrons. The van der Waals surface area contributed by atoms with E-state index < -0.39 is 0 Å². The molecule has 0 amide bonds. The highest BCUT2D eigenvalue weighted by Gasteiger charge is 2.10. The van der Waals surface area contributed by atoms with Crippen molar-refractivity contribution in [1.82, 2.24) is 0 Å². The fourth-order valence-electron chi connectivity index (χ4n) is 3.23. The third-order valence-electron chi connectivity index (χ3n) is 4.30. The van der Waals surface area contributed by atoms with E-state index in [4.69, 9.17) is 0 Å². The third-order valence-corrected chi connectivity index (χ3v) is 4.30. The molecule has 26 heavy (non-hydrogen) atoms. The van der Waals surface area contributed by atoms with Crippen LogP contribution in [0.1, 0.15) is 49.9 Å². The molecule has 0 heterocycles. The summed E-state index contributed by atoms with van der Waals surface area (Å²) in [7, 11) is 0. The van der Waals surface area contributed by atoms with Gasteiger partial charge >= 0.3 is 0 Å². The zero-order valence-corrected chi connectivity index (χ0v) is 17.8. The molecule has 0 aliphatic rings. The van der Waals surface area contributed by atoms with Crippen LogP contribution in [-0.2, 0) is 0 Å². The topological polar surface area (TPSA) is 0 Å². The van der Waals surface area contributed by atoms with E-state index in [0.717, 1.165) is 0 Å². The van der Waals surface area contributed by atoms with Crippen LogP contribution in [-0.4, -0.2) is 0 Å². The van der Waals surface area contributed by atoms with Gasteiger partial charge in [-0.2, -0.15) is 0 Å². The molecule has 0 aliphatic carbocycles. The van der Waals surface area contributed by atoms with Crippen LogP contribution in [0, 0.1) is 27.7 Å². The Bertz CT molecular complexity index is 802. The first kappa shape index (κ1) is 21.7. The van der Waals surface area contributed by atoms with Crippen LogP contribution in [0.15, 0.2) is 60.7 Å². The van der Waals surface area contributed by atoms with Gasteiger partial charge in [-0.05, 0) is 66.6 Å². The maximum atomic E-state index is 2.31. The van der Waals surface area contributed by atoms with E-state index in [1.54, 1.807) is 0 Å². The summed E-state index contributed by atoms with van der Waals surface area (Å²) in [4.78, 5) is 0. The molecule has 0 atom stereocenters. The van der Waals surface area contributed by atoms with E-state index in [1.807, 2.05) is 27.7 Å². The van der Waals surface area contributed by atoms with Gasteiger partial charge in [0.2, 0.25) is 0 Å². The monoisotopic (exact) mass is 346 g/mol. The normalized spacial score (nSPS) is 9.54. The summed E-state index contributed by atoms with van der Waals surface area (Å²) >= 11 is 0. The number of aryl methyl sites for hydroxylation is 4. The third kappa shape index (κ3) is 5.08. The van der Waals surface area contributed by atoms with E-state index in [0.29, 0.717) is 0 Å². The van der Waals surface area contributed by atoms with Crippen molar-refractivity contribution in [2.45, 2.75) is 55.4 Å². The Labute approximate surface area is 160 Å². The molecule has 0 saturated heterocycles. The highest BCUT2D eigenvalue weighted by Crippen LogP contribution is 2.33. The minimum atomic E-state index is 1.29. The second-order valence-corrected chi connectivity index (χ2v) is 6.17. The lowest BCUT2D eigenvalue weighted by Gasteiger charge is -2.15. The predicted molar refractivity (Wildman–Crippen MR) is 119 cm³/mol. The highest BCUT2D eigenvalue weighted by molar-refractivity contribution is 5.78. The summed E-state index contributed by atoms with van der Waals surface area (Å²) in [5, 5.41) is 0. The minimum absolute atomic E-state index is 1.29. The van der Waals surface area contributed by atoms with Crippen LogP contribution >= 0.6 is 0 Å². The molecule has 0 aliphatic heterocycles. The second kappa shape index (κ2) is 10.6. The Morgan fingerprint density at radius 2 is 1.08 bits per heavy atom. The molecule has 3 rings (SSSR count). The minimum Gasteiger partial charge on any atom is -0.0683 e. The van der Waals surface area contributed by atoms with Gasteiger partial charge in [-0.3, -0.25) is 0 Å². The maximum absolute atomic E-state index is 2.31. The second-order valence-electron chi connectivity index (χ2n) is 6.17. The molecular formula is C26H34. The first-order valence-electron chi connectivity index (χ1n) is 9.80. The fraction of sp³-hybridized carbons (Fsp3) is 0.308. The Morgan fingerprint density at radius 1 is 0.500 bits per heavy atom. The number of benzene rings is 3. The van der Waals surface area contributed by atoms with E-state index in [1.165, 1.54) is 44.5 Å². The SMILES string of the molecule is CC.CC.Cc1cccc(-c2cc(C)c(-c3ccccc3C)c(C)c2)c1. The van der Waals surface area contributed by atoms with E-state index in [9.17, 15) is 0 Å². The predicted octanol–water partition coefficient (Wildman–Crippen LogP) is 8.31. The largest absolute Gasteiger partial charge is 0.0683 e. The molecule has 138 valence electrons. The molecular weight excluding hydrogens is 312 g/mol. The lowest BCUT2D eigenvalue weighted by atomic mass is 9.89. The van der Waals surface area contributed by atoms with Gasteiger partial charge in [0, 0.05) is 0 Å². The lowest BCUT2D eigenvalue weighted by molar-refractivity contribution is 1.35. The van der Waals surface area contributed by atoms with Crippen molar-refractivity contribution >= 4 is 0 Å². The molecule has 0 nitrogen and oxygen atoms in total. The average molecular weight is 347 g/mol. The molecule has 0 bridgehead atoms. The van der Waals surface area contributed by atoms with Gasteiger partial charge < -0.3 is 0 Å². The smallest absolute Gasteiger partial charge is 0.0122 e. The molecule has 3 aromatic carbocycles. The maximum Gasteiger partial charge on any atom is -0.0122 e. The van der Waals surface area contributed by atoms with Crippen molar-refractivity contribution in [3.05, 3.63) is 82.9 Å². The number of hydrogen-bond acceptors (Lipinski definition) is 0. The summed E-state index contributed by atoms with van der Waals surface area (Å²) in [5.41, 5.74) is 10.6. The summed E-state index contributed by atoms with van der Waals surface area (Å²) < 4.78 is 0. The van der Waals surface area contributed by atoms with Gasteiger partial charge in [0.1, 0.15) is 0 Å². The molecule has 0 saturated carbocycles. The first-order valence-corrected chi connectivity index (χ1v) is 9.80. The number of rotatable bonds is 2. The molecule has 3 aromatic rings. The zero-order chi connectivity index (χ0) is 19.7. The Balaban J connectivity index is 0.000000791. The average Bonchev–Trinajstić information content (AvgIpc) is 2.66. The van der Waals surface area contributed by atoms with Gasteiger partial charge in [-0.15, -0.1) is 0 Å². The van der Waals surface area contributed by atoms with Crippen molar-refractivity contribution in [3.63, 3.8) is 0 Å². The van der Waals surface area contributed by atoms with Crippen molar-refractivity contribution in [1.29, 1.82) is 0 Å². The zero-order valence-electron chi connectivity index (χ0n) is 17.8. The summed E-state index contributed by atoms with van der Waals surface area (Å²) in [6.45, 7) is 16.8. The van der Waals surface area contributed by atoms with Crippen LogP contribution < -0.4 is 0 Å². The highest BCUT2D eigenvalue weighted by atomic mass is 14.1. The quantitative estimate of drug-likeness (QED) is 0.437. The Hall–Kier alpha value is -2.34. The molecule has 0 spiro atoms. The molecule has 0 unspecified atom stereocenters. The van der Waals surface area contributed by atoms with Crippen molar-refractivity contribution < 1.29 is 0 Å². The van der Waals surface area contributed by atoms with Crippen LogP contribution in [0.25, 0.3) is 22.3 Å². The van der Waals surface area contributed by atoms with Gasteiger partial charge in [0.15, 0.2) is 0 Å². The van der Waals surface area contributed by atoms with Crippen LogP contribution in [0.2, 0.25) is 0 Å². The van der Waals surface area contributed by atoms with Crippen molar-refractivity contribution in [2.75, 3.05) is 0 Å². The number of hydrogen-bond donors (Lipinski definition) is 0. The Kier molecular flexibility index (Phi) is 8.85. The van der Waals surface area contributed by atoms with Crippen LogP contribution in [0.4, 0.5) is 0 Å². The first-order chi connectivity index (χ1) is 12.6. The molecule has 0 aromatic heterocycles. The molecule has 0 heteroatoms. The Morgan fingerprint density at radius 3 is 1.62 bits per heavy atom. The van der Waals surface area contributed by atoms with Crippen molar-refractivity contribution in [3.8, 4) is 22.3 Å². The summed E-state index contributed by atoms with van der Waals surface area (Å²) in [5.74, 6) is 0. The van der Waals surface area contributed by atoms with Gasteiger partial charge in [0.05, 0.1) is 0 Å². The molecule has 0 fully saturated rings. The molecule has 0 N–H and O–H groups in total. The van der Waals surface area contributed by atoms with Gasteiger partial charge in [-0.25, -0.2) is 0 Å². The van der Waals surface area contributed by atoms with Crippen LogP contribution in [0.5, 0.6) is 0 Å². The standard InChI is InChI=1S/C22H22.2C2H6/c1-15-8-7-10-19(12-15)20-13-17(3)22(18(4)14-20)21-11-6-5-9-16(21)2;2*1-2/h5-14H,1-4H3;2*1-2H3.